The number of carboxylic acids is 2. The first-order valence-corrected chi connectivity index (χ1v) is 20.7. The van der Waals surface area contributed by atoms with Crippen LogP contribution in [0.5, 0.6) is 5.75 Å². The minimum Gasteiger partial charge on any atom is -0.508 e. The van der Waals surface area contributed by atoms with E-state index in [1.165, 1.54) is 34.5 Å². The van der Waals surface area contributed by atoms with E-state index in [0.29, 0.717) is 30.5 Å². The molecule has 2 saturated heterocycles. The van der Waals surface area contributed by atoms with Gasteiger partial charge in [-0.3, -0.25) is 33.6 Å². The number of phenols is 1. The van der Waals surface area contributed by atoms with E-state index >= 15 is 0 Å². The van der Waals surface area contributed by atoms with Crippen molar-refractivity contribution < 1.29 is 53.7 Å². The van der Waals surface area contributed by atoms with Crippen molar-refractivity contribution in [1.29, 1.82) is 0 Å². The van der Waals surface area contributed by atoms with Gasteiger partial charge in [0.2, 0.25) is 35.4 Å². The van der Waals surface area contributed by atoms with Gasteiger partial charge in [-0.15, -0.1) is 0 Å². The van der Waals surface area contributed by atoms with E-state index in [0.717, 1.165) is 0 Å². The average molecular weight is 854 g/mol. The molecule has 0 saturated carbocycles. The van der Waals surface area contributed by atoms with Crippen molar-refractivity contribution in [2.75, 3.05) is 13.1 Å². The number of carbonyl (C=O) groups is 8. The average Bonchev–Trinajstić information content (AvgIpc) is 4.02. The van der Waals surface area contributed by atoms with Gasteiger partial charge in [0.25, 0.3) is 0 Å². The third-order valence-corrected chi connectivity index (χ3v) is 11.2. The van der Waals surface area contributed by atoms with E-state index in [1.54, 1.807) is 32.9 Å². The third kappa shape index (κ3) is 13.2. The Hall–Kier alpha value is -6.05. The lowest BCUT2D eigenvalue weighted by Crippen LogP contribution is -2.60. The Balaban J connectivity index is 1.50. The van der Waals surface area contributed by atoms with Crippen LogP contribution in [0.2, 0.25) is 0 Å². The summed E-state index contributed by atoms with van der Waals surface area (Å²) in [5.74, 6) is -7.39. The van der Waals surface area contributed by atoms with Gasteiger partial charge in [-0.25, -0.2) is 9.78 Å². The van der Waals surface area contributed by atoms with Crippen molar-refractivity contribution >= 4 is 47.4 Å². The van der Waals surface area contributed by atoms with E-state index in [4.69, 9.17) is 5.73 Å². The molecule has 6 amide bonds. The molecule has 20 heteroatoms. The second kappa shape index (κ2) is 22.0. The molecule has 2 aliphatic heterocycles. The maximum atomic E-state index is 14.2. The summed E-state index contributed by atoms with van der Waals surface area (Å²) in [7, 11) is 0. The maximum Gasteiger partial charge on any atom is 0.326 e. The van der Waals surface area contributed by atoms with Crippen molar-refractivity contribution in [2.45, 2.75) is 128 Å². The second-order valence-corrected chi connectivity index (χ2v) is 16.3. The van der Waals surface area contributed by atoms with Gasteiger partial charge in [0, 0.05) is 37.8 Å². The summed E-state index contributed by atoms with van der Waals surface area (Å²) in [5.41, 5.74) is 7.23. The Labute approximate surface area is 353 Å². The topological polar surface area (TPSA) is 307 Å². The van der Waals surface area contributed by atoms with Gasteiger partial charge in [-0.1, -0.05) is 46.2 Å². The molecule has 0 radical (unpaired) electrons. The molecule has 1 aromatic heterocycles. The van der Waals surface area contributed by atoms with Crippen LogP contribution in [0.3, 0.4) is 0 Å². The van der Waals surface area contributed by atoms with Crippen LogP contribution in [-0.2, 0) is 51.2 Å². The predicted octanol–water partition coefficient (Wildman–Crippen LogP) is -0.199. The highest BCUT2D eigenvalue weighted by Gasteiger charge is 2.45. The summed E-state index contributed by atoms with van der Waals surface area (Å²) in [6.45, 7) is 7.47. The number of aliphatic carboxylic acids is 2. The smallest absolute Gasteiger partial charge is 0.326 e. The number of phenolic OH excluding ortho intramolecular Hbond substituents is 1. The van der Waals surface area contributed by atoms with Crippen LogP contribution >= 0.6 is 0 Å². The lowest BCUT2D eigenvalue weighted by atomic mass is 9.97. The van der Waals surface area contributed by atoms with Crippen molar-refractivity contribution in [2.24, 2.45) is 17.6 Å². The van der Waals surface area contributed by atoms with Gasteiger partial charge in [0.05, 0.1) is 18.8 Å². The molecule has 2 aromatic rings. The van der Waals surface area contributed by atoms with Crippen molar-refractivity contribution in [1.82, 2.24) is 41.0 Å². The van der Waals surface area contributed by atoms with E-state index in [9.17, 15) is 53.7 Å². The van der Waals surface area contributed by atoms with Gasteiger partial charge >= 0.3 is 11.9 Å². The molecule has 4 rings (SSSR count). The molecule has 0 unspecified atom stereocenters. The molecule has 3 heterocycles. The number of aromatic amines is 1. The summed E-state index contributed by atoms with van der Waals surface area (Å²) < 4.78 is 0. The molecule has 2 aliphatic rings. The Bertz CT molecular complexity index is 1870. The molecule has 0 bridgehead atoms. The number of imidazole rings is 1. The quantitative estimate of drug-likeness (QED) is 0.0787. The number of amides is 6. The van der Waals surface area contributed by atoms with Crippen LogP contribution in [0, 0.1) is 11.8 Å². The maximum absolute atomic E-state index is 14.2. The van der Waals surface area contributed by atoms with E-state index in [1.807, 2.05) is 6.92 Å². The van der Waals surface area contributed by atoms with E-state index in [-0.39, 0.29) is 62.8 Å². The Morgan fingerprint density at radius 1 is 0.803 bits per heavy atom. The Kier molecular flexibility index (Phi) is 17.2. The predicted molar refractivity (Wildman–Crippen MR) is 218 cm³/mol. The van der Waals surface area contributed by atoms with E-state index < -0.39 is 96.1 Å². The van der Waals surface area contributed by atoms with Crippen LogP contribution in [0.15, 0.2) is 36.8 Å². The number of nitrogens with two attached hydrogens (primary N) is 1. The number of H-pyrrole nitrogens is 1. The monoisotopic (exact) mass is 853 g/mol. The zero-order valence-electron chi connectivity index (χ0n) is 35.0. The van der Waals surface area contributed by atoms with Crippen molar-refractivity contribution in [3.05, 3.63) is 48.0 Å². The number of hydrogen-bond acceptors (Lipinski definition) is 11. The number of carboxylic acid groups (broad SMARTS) is 2. The van der Waals surface area contributed by atoms with Crippen LogP contribution in [-0.4, -0.2) is 138 Å². The molecule has 10 N–H and O–H groups in total. The second-order valence-electron chi connectivity index (χ2n) is 16.3. The number of benzene rings is 1. The molecular weight excluding hydrogens is 795 g/mol. The number of aromatic nitrogens is 2. The Morgan fingerprint density at radius 3 is 2.00 bits per heavy atom. The molecule has 0 aliphatic carbocycles. The number of carbonyl (C=O) groups excluding carboxylic acids is 6. The summed E-state index contributed by atoms with van der Waals surface area (Å²) in [4.78, 5) is 116. The number of nitrogens with one attached hydrogen (secondary N) is 5. The van der Waals surface area contributed by atoms with Crippen LogP contribution < -0.4 is 27.0 Å². The minimum atomic E-state index is -1.65. The molecule has 20 nitrogen and oxygen atoms in total. The number of nitrogens with zero attached hydrogens (tertiary/aromatic N) is 3. The number of rotatable bonds is 21. The molecule has 0 spiro atoms. The third-order valence-electron chi connectivity index (χ3n) is 11.2. The molecular formula is C41H59N9O11. The van der Waals surface area contributed by atoms with Crippen molar-refractivity contribution in [3.8, 4) is 5.75 Å². The fraction of sp³-hybridized carbons (Fsp3) is 0.585. The first-order valence-electron chi connectivity index (χ1n) is 20.7. The van der Waals surface area contributed by atoms with Crippen LogP contribution in [0.4, 0.5) is 0 Å². The SMILES string of the molecule is CC[C@H](C)[C@H](N)C(=O)N[C@@H](Cc1ccc(O)cc1)C(=O)N[C@@H](CC(C)C)C(=O)N[C@@H](CC(=O)O)C(=O)N1CCC[C@H]1C(=O)N1CCC[C@H]1C(=O)N[C@@H](Cc1cnc[nH]1)C(=O)O. The minimum absolute atomic E-state index is 0.00679. The molecule has 1 aromatic carbocycles. The standard InChI is InChI=1S/C41H59N9O11/c1-5-23(4)34(42)38(57)46-28(17-24-10-12-26(51)13-11-24)36(55)45-27(16-22(2)3)35(54)47-29(19-33(52)53)39(58)50-15-7-9-32(50)40(59)49-14-6-8-31(49)37(56)48-30(41(60)61)18-25-20-43-21-44-25/h10-13,20-23,27-32,34,51H,5-9,14-19,42H2,1-4H3,(H,43,44)(H,45,55)(H,46,57)(H,47,54)(H,48,56)(H,52,53)(H,60,61)/t23-,27-,28-,29-,30-,31-,32-,34-/m0/s1. The van der Waals surface area contributed by atoms with Gasteiger partial charge in [-0.05, 0) is 61.6 Å². The normalized spacial score (nSPS) is 19.2. The fourth-order valence-electron chi connectivity index (χ4n) is 7.55. The molecule has 334 valence electrons. The fourth-order valence-corrected chi connectivity index (χ4v) is 7.55. The summed E-state index contributed by atoms with van der Waals surface area (Å²) in [6.07, 6.45) is 3.77. The highest BCUT2D eigenvalue weighted by Crippen LogP contribution is 2.26. The zero-order valence-corrected chi connectivity index (χ0v) is 35.0. The number of likely N-dealkylation sites (tertiary alicyclic amines) is 2. The summed E-state index contributed by atoms with van der Waals surface area (Å²) in [6, 6.07) is -2.52. The first-order chi connectivity index (χ1) is 28.9. The molecule has 61 heavy (non-hydrogen) atoms. The zero-order chi connectivity index (χ0) is 45.0. The molecule has 8 atom stereocenters. The highest BCUT2D eigenvalue weighted by molar-refractivity contribution is 5.98. The van der Waals surface area contributed by atoms with E-state index in [2.05, 4.69) is 31.2 Å². The van der Waals surface area contributed by atoms with Gasteiger partial charge < -0.3 is 57.1 Å². The summed E-state index contributed by atoms with van der Waals surface area (Å²) in [5, 5.41) is 39.8. The van der Waals surface area contributed by atoms with Crippen LogP contribution in [0.1, 0.15) is 83.9 Å². The largest absolute Gasteiger partial charge is 0.508 e. The Morgan fingerprint density at radius 2 is 1.41 bits per heavy atom. The lowest BCUT2D eigenvalue weighted by molar-refractivity contribution is -0.150. The molecule has 2 fully saturated rings. The van der Waals surface area contributed by atoms with Gasteiger partial charge in [0.15, 0.2) is 0 Å². The van der Waals surface area contributed by atoms with Gasteiger partial charge in [0.1, 0.15) is 42.0 Å². The first kappa shape index (κ1) is 47.6. The number of hydrogen-bond donors (Lipinski definition) is 9. The van der Waals surface area contributed by atoms with Gasteiger partial charge in [-0.2, -0.15) is 0 Å². The van der Waals surface area contributed by atoms with Crippen molar-refractivity contribution in [3.63, 3.8) is 0 Å². The lowest BCUT2D eigenvalue weighted by Gasteiger charge is -2.33. The van der Waals surface area contributed by atoms with Crippen LogP contribution in [0.25, 0.3) is 0 Å². The highest BCUT2D eigenvalue weighted by atomic mass is 16.4. The number of aromatic hydroxyl groups is 1. The summed E-state index contributed by atoms with van der Waals surface area (Å²) >= 11 is 0.